The molecule has 0 unspecified atom stereocenters. The molecule has 0 spiro atoms. The topological polar surface area (TPSA) is 84.6 Å². The van der Waals surface area contributed by atoms with E-state index in [0.717, 1.165) is 12.0 Å². The zero-order valence-electron chi connectivity index (χ0n) is 11.7. The number of rotatable bonds is 4. The van der Waals surface area contributed by atoms with Crippen LogP contribution < -0.4 is 11.1 Å². The highest BCUT2D eigenvalue weighted by Gasteiger charge is 2.16. The molecule has 0 aliphatic carbocycles. The molecule has 0 saturated heterocycles. The number of ether oxygens (including phenoxy) is 1. The average molecular weight is 266 g/mol. The Morgan fingerprint density at radius 3 is 2.68 bits per heavy atom. The van der Waals surface area contributed by atoms with Crippen molar-refractivity contribution in [2.45, 2.75) is 39.2 Å². The minimum absolute atomic E-state index is 0.211. The Morgan fingerprint density at radius 2 is 2.11 bits per heavy atom. The molecule has 0 bridgehead atoms. The molecule has 1 aromatic carbocycles. The van der Waals surface area contributed by atoms with Crippen LogP contribution in [-0.4, -0.2) is 23.3 Å². The summed E-state index contributed by atoms with van der Waals surface area (Å²) in [6.07, 6.45) is 0.943. The molecule has 5 nitrogen and oxygen atoms in total. The largest absolute Gasteiger partial charge is 0.508 e. The summed E-state index contributed by atoms with van der Waals surface area (Å²) in [7, 11) is 0. The number of hydrogen-bond acceptors (Lipinski definition) is 4. The Hall–Kier alpha value is -1.75. The molecule has 1 amide bonds. The number of hydrogen-bond donors (Lipinski definition) is 3. The normalized spacial score (nSPS) is 11.2. The van der Waals surface area contributed by atoms with Crippen LogP contribution in [0.3, 0.4) is 0 Å². The number of phenolic OH excluding ortho intramolecular Hbond substituents is 1. The third-order valence-electron chi connectivity index (χ3n) is 2.38. The highest BCUT2D eigenvalue weighted by atomic mass is 16.6. The van der Waals surface area contributed by atoms with Gasteiger partial charge in [-0.15, -0.1) is 0 Å². The SMILES string of the molecule is CC(C)(C)OC(=O)Nc1ccc(O)c(CCCN)c1. The first-order chi connectivity index (χ1) is 8.81. The van der Waals surface area contributed by atoms with Crippen LogP contribution >= 0.6 is 0 Å². The second kappa shape index (κ2) is 6.43. The predicted molar refractivity (Wildman–Crippen MR) is 75.3 cm³/mol. The summed E-state index contributed by atoms with van der Waals surface area (Å²) in [6, 6.07) is 4.92. The van der Waals surface area contributed by atoms with E-state index in [1.54, 1.807) is 39.0 Å². The van der Waals surface area contributed by atoms with Gasteiger partial charge in [0, 0.05) is 5.69 Å². The monoisotopic (exact) mass is 266 g/mol. The highest BCUT2D eigenvalue weighted by Crippen LogP contribution is 2.23. The van der Waals surface area contributed by atoms with Crippen molar-refractivity contribution in [3.8, 4) is 5.75 Å². The standard InChI is InChI=1S/C14H22N2O3/c1-14(2,3)19-13(18)16-11-6-7-12(17)10(9-11)5-4-8-15/h6-7,9,17H,4-5,8,15H2,1-3H3,(H,16,18). The lowest BCUT2D eigenvalue weighted by atomic mass is 10.1. The number of nitrogens with one attached hydrogen (secondary N) is 1. The van der Waals surface area contributed by atoms with E-state index < -0.39 is 11.7 Å². The van der Waals surface area contributed by atoms with Crippen molar-refractivity contribution < 1.29 is 14.6 Å². The van der Waals surface area contributed by atoms with Crippen LogP contribution in [0.5, 0.6) is 5.75 Å². The fraction of sp³-hybridized carbons (Fsp3) is 0.500. The smallest absolute Gasteiger partial charge is 0.412 e. The third kappa shape index (κ3) is 5.61. The summed E-state index contributed by atoms with van der Waals surface area (Å²) in [5.41, 5.74) is 6.26. The summed E-state index contributed by atoms with van der Waals surface area (Å²) in [6.45, 7) is 5.96. The number of amides is 1. The molecule has 4 N–H and O–H groups in total. The van der Waals surface area contributed by atoms with E-state index in [1.165, 1.54) is 0 Å². The molecule has 0 radical (unpaired) electrons. The van der Waals surface area contributed by atoms with Crippen LogP contribution in [0.1, 0.15) is 32.8 Å². The molecular formula is C14H22N2O3. The van der Waals surface area contributed by atoms with Gasteiger partial charge in [0.05, 0.1) is 0 Å². The Labute approximate surface area is 113 Å². The van der Waals surface area contributed by atoms with Crippen molar-refractivity contribution in [2.24, 2.45) is 5.73 Å². The van der Waals surface area contributed by atoms with Crippen LogP contribution in [0, 0.1) is 0 Å². The number of benzene rings is 1. The lowest BCUT2D eigenvalue weighted by Gasteiger charge is -2.20. The molecule has 0 saturated carbocycles. The van der Waals surface area contributed by atoms with Gasteiger partial charge in [-0.1, -0.05) is 0 Å². The van der Waals surface area contributed by atoms with Crippen molar-refractivity contribution in [1.82, 2.24) is 0 Å². The van der Waals surface area contributed by atoms with Crippen molar-refractivity contribution in [3.63, 3.8) is 0 Å². The molecule has 1 aromatic rings. The van der Waals surface area contributed by atoms with Crippen molar-refractivity contribution in [3.05, 3.63) is 23.8 Å². The molecule has 0 aliphatic heterocycles. The van der Waals surface area contributed by atoms with Gasteiger partial charge >= 0.3 is 6.09 Å². The number of phenols is 1. The average Bonchev–Trinajstić information content (AvgIpc) is 2.27. The van der Waals surface area contributed by atoms with E-state index in [2.05, 4.69) is 5.32 Å². The molecule has 19 heavy (non-hydrogen) atoms. The number of aromatic hydroxyl groups is 1. The molecule has 106 valence electrons. The minimum atomic E-state index is -0.538. The Bertz CT molecular complexity index is 439. The highest BCUT2D eigenvalue weighted by molar-refractivity contribution is 5.85. The first-order valence-electron chi connectivity index (χ1n) is 6.34. The molecule has 0 heterocycles. The third-order valence-corrected chi connectivity index (χ3v) is 2.38. The van der Waals surface area contributed by atoms with Gasteiger partial charge in [-0.25, -0.2) is 4.79 Å². The van der Waals surface area contributed by atoms with Gasteiger partial charge in [-0.2, -0.15) is 0 Å². The summed E-state index contributed by atoms with van der Waals surface area (Å²) in [5, 5.41) is 12.3. The Balaban J connectivity index is 2.71. The van der Waals surface area contributed by atoms with Crippen molar-refractivity contribution in [1.29, 1.82) is 0 Å². The van der Waals surface area contributed by atoms with Crippen molar-refractivity contribution in [2.75, 3.05) is 11.9 Å². The molecular weight excluding hydrogens is 244 g/mol. The van der Waals surface area contributed by atoms with Crippen LogP contribution in [0.15, 0.2) is 18.2 Å². The fourth-order valence-electron chi connectivity index (χ4n) is 1.58. The maximum atomic E-state index is 11.6. The van der Waals surface area contributed by atoms with Gasteiger partial charge in [-0.3, -0.25) is 5.32 Å². The van der Waals surface area contributed by atoms with E-state index in [4.69, 9.17) is 10.5 Å². The lowest BCUT2D eigenvalue weighted by molar-refractivity contribution is 0.0636. The molecule has 0 fully saturated rings. The number of nitrogens with two attached hydrogens (primary N) is 1. The summed E-state index contributed by atoms with van der Waals surface area (Å²) >= 11 is 0. The van der Waals surface area contributed by atoms with Gasteiger partial charge in [0.2, 0.25) is 0 Å². The molecule has 1 rings (SSSR count). The molecule has 0 atom stereocenters. The molecule has 0 aliphatic rings. The van der Waals surface area contributed by atoms with Gasteiger partial charge in [0.15, 0.2) is 0 Å². The summed E-state index contributed by atoms with van der Waals surface area (Å²) < 4.78 is 5.16. The van der Waals surface area contributed by atoms with Gasteiger partial charge in [0.25, 0.3) is 0 Å². The van der Waals surface area contributed by atoms with Crippen molar-refractivity contribution >= 4 is 11.8 Å². The Kier molecular flexibility index (Phi) is 5.18. The van der Waals surface area contributed by atoms with Gasteiger partial charge < -0.3 is 15.6 Å². The number of carbonyl (C=O) groups is 1. The van der Waals surface area contributed by atoms with Crippen LogP contribution in [-0.2, 0) is 11.2 Å². The first kappa shape index (κ1) is 15.3. The maximum Gasteiger partial charge on any atom is 0.412 e. The quantitative estimate of drug-likeness (QED) is 0.731. The lowest BCUT2D eigenvalue weighted by Crippen LogP contribution is -2.27. The fourth-order valence-corrected chi connectivity index (χ4v) is 1.58. The summed E-state index contributed by atoms with van der Waals surface area (Å²) in [5.74, 6) is 0.211. The van der Waals surface area contributed by atoms with E-state index >= 15 is 0 Å². The predicted octanol–water partition coefficient (Wildman–Crippen LogP) is 2.63. The second-order valence-corrected chi connectivity index (χ2v) is 5.36. The number of anilines is 1. The number of aryl methyl sites for hydroxylation is 1. The van der Waals surface area contributed by atoms with E-state index in [1.807, 2.05) is 0 Å². The first-order valence-corrected chi connectivity index (χ1v) is 6.34. The van der Waals surface area contributed by atoms with E-state index in [0.29, 0.717) is 18.7 Å². The molecule has 5 heteroatoms. The van der Waals surface area contributed by atoms with Gasteiger partial charge in [0.1, 0.15) is 11.4 Å². The maximum absolute atomic E-state index is 11.6. The van der Waals surface area contributed by atoms with Crippen LogP contribution in [0.25, 0.3) is 0 Å². The zero-order valence-corrected chi connectivity index (χ0v) is 11.7. The summed E-state index contributed by atoms with van der Waals surface area (Å²) in [4.78, 5) is 11.6. The second-order valence-electron chi connectivity index (χ2n) is 5.36. The molecule has 0 aromatic heterocycles. The number of carbonyl (C=O) groups excluding carboxylic acids is 1. The van der Waals surface area contributed by atoms with Crippen LogP contribution in [0.2, 0.25) is 0 Å². The Morgan fingerprint density at radius 1 is 1.42 bits per heavy atom. The van der Waals surface area contributed by atoms with Gasteiger partial charge in [-0.05, 0) is 63.9 Å². The zero-order chi connectivity index (χ0) is 14.5. The van der Waals surface area contributed by atoms with E-state index in [9.17, 15) is 9.90 Å². The van der Waals surface area contributed by atoms with Crippen LogP contribution in [0.4, 0.5) is 10.5 Å². The minimum Gasteiger partial charge on any atom is -0.508 e. The van der Waals surface area contributed by atoms with E-state index in [-0.39, 0.29) is 5.75 Å².